The van der Waals surface area contributed by atoms with E-state index >= 15 is 0 Å². The largest absolute Gasteiger partial charge is 0.315 e. The Hall–Kier alpha value is -1.37. The van der Waals surface area contributed by atoms with Crippen molar-refractivity contribution < 1.29 is 0 Å². The molecule has 2 saturated heterocycles. The second-order valence-electron chi connectivity index (χ2n) is 5.37. The Morgan fingerprint density at radius 3 is 3.11 bits per heavy atom. The van der Waals surface area contributed by atoms with Gasteiger partial charge in [-0.15, -0.1) is 0 Å². The Morgan fingerprint density at radius 1 is 1.33 bits per heavy atom. The minimum absolute atomic E-state index is 0.672. The van der Waals surface area contributed by atoms with Gasteiger partial charge in [0.05, 0.1) is 11.6 Å². The van der Waals surface area contributed by atoms with Crippen LogP contribution in [0.25, 0.3) is 0 Å². The van der Waals surface area contributed by atoms with Crippen molar-refractivity contribution >= 4 is 0 Å². The van der Waals surface area contributed by atoms with Crippen LogP contribution in [0.1, 0.15) is 24.0 Å². The fraction of sp³-hybridized carbons (Fsp3) is 0.533. The van der Waals surface area contributed by atoms with Crippen LogP contribution in [0, 0.1) is 17.2 Å². The number of nitrogens with one attached hydrogen (secondary N) is 1. The highest BCUT2D eigenvalue weighted by molar-refractivity contribution is 5.37. The average molecular weight is 241 g/mol. The molecule has 2 fully saturated rings. The van der Waals surface area contributed by atoms with Crippen LogP contribution >= 0.6 is 0 Å². The number of benzene rings is 1. The molecule has 0 amide bonds. The van der Waals surface area contributed by atoms with E-state index in [9.17, 15) is 0 Å². The lowest BCUT2D eigenvalue weighted by Crippen LogP contribution is -2.44. The standard InChI is InChI=1S/C15H19N3/c16-8-12-4-1-2-5-14(12)11-18-7-3-6-13-9-17-10-15(13)18/h1-2,4-5,13,15,17H,3,6-7,9-11H2. The summed E-state index contributed by atoms with van der Waals surface area (Å²) in [6.07, 6.45) is 2.64. The van der Waals surface area contributed by atoms with Crippen LogP contribution in [0.4, 0.5) is 0 Å². The predicted octanol–water partition coefficient (Wildman–Crippen LogP) is 1.74. The third-order valence-electron chi connectivity index (χ3n) is 4.30. The van der Waals surface area contributed by atoms with Gasteiger partial charge in [0, 0.05) is 19.1 Å². The predicted molar refractivity (Wildman–Crippen MR) is 70.9 cm³/mol. The molecule has 1 N–H and O–H groups in total. The smallest absolute Gasteiger partial charge is 0.0995 e. The summed E-state index contributed by atoms with van der Waals surface area (Å²) < 4.78 is 0. The number of nitrogens with zero attached hydrogens (tertiary/aromatic N) is 2. The molecule has 2 aliphatic heterocycles. The zero-order chi connectivity index (χ0) is 12.4. The molecule has 2 atom stereocenters. The van der Waals surface area contributed by atoms with Crippen molar-refractivity contribution in [3.8, 4) is 6.07 Å². The van der Waals surface area contributed by atoms with Crippen LogP contribution in [0.3, 0.4) is 0 Å². The van der Waals surface area contributed by atoms with Gasteiger partial charge in [-0.3, -0.25) is 4.90 Å². The first kappa shape index (κ1) is 11.7. The molecule has 18 heavy (non-hydrogen) atoms. The van der Waals surface area contributed by atoms with Crippen LogP contribution in [-0.2, 0) is 6.54 Å². The summed E-state index contributed by atoms with van der Waals surface area (Å²) in [6, 6.07) is 11.0. The molecule has 3 nitrogen and oxygen atoms in total. The van der Waals surface area contributed by atoms with Crippen molar-refractivity contribution in [2.45, 2.75) is 25.4 Å². The van der Waals surface area contributed by atoms with E-state index in [0.717, 1.165) is 24.6 Å². The number of likely N-dealkylation sites (tertiary alicyclic amines) is 1. The molecule has 0 aromatic heterocycles. The van der Waals surface area contributed by atoms with Crippen molar-refractivity contribution in [1.82, 2.24) is 10.2 Å². The van der Waals surface area contributed by atoms with Gasteiger partial charge in [0.1, 0.15) is 0 Å². The van der Waals surface area contributed by atoms with Gasteiger partial charge in [0.25, 0.3) is 0 Å². The summed E-state index contributed by atoms with van der Waals surface area (Å²) in [7, 11) is 0. The normalized spacial score (nSPS) is 27.7. The van der Waals surface area contributed by atoms with Crippen LogP contribution in [-0.4, -0.2) is 30.6 Å². The number of rotatable bonds is 2. The van der Waals surface area contributed by atoms with Crippen molar-refractivity contribution in [1.29, 1.82) is 5.26 Å². The van der Waals surface area contributed by atoms with Gasteiger partial charge in [0.15, 0.2) is 0 Å². The maximum absolute atomic E-state index is 9.15. The molecule has 3 heteroatoms. The van der Waals surface area contributed by atoms with Crippen LogP contribution in [0.2, 0.25) is 0 Å². The number of hydrogen-bond donors (Lipinski definition) is 1. The fourth-order valence-electron chi connectivity index (χ4n) is 3.35. The van der Waals surface area contributed by atoms with Crippen LogP contribution < -0.4 is 5.32 Å². The maximum atomic E-state index is 9.15. The van der Waals surface area contributed by atoms with Gasteiger partial charge in [-0.1, -0.05) is 18.2 Å². The van der Waals surface area contributed by atoms with E-state index in [0.29, 0.717) is 6.04 Å². The lowest BCUT2D eigenvalue weighted by molar-refractivity contribution is 0.117. The number of nitriles is 1. The van der Waals surface area contributed by atoms with Gasteiger partial charge >= 0.3 is 0 Å². The number of hydrogen-bond acceptors (Lipinski definition) is 3. The number of piperidine rings is 1. The van der Waals surface area contributed by atoms with Gasteiger partial charge in [-0.05, 0) is 43.5 Å². The highest BCUT2D eigenvalue weighted by Gasteiger charge is 2.34. The third kappa shape index (κ3) is 2.14. The second kappa shape index (κ2) is 5.09. The van der Waals surface area contributed by atoms with E-state index in [4.69, 9.17) is 5.26 Å². The molecule has 0 radical (unpaired) electrons. The lowest BCUT2D eigenvalue weighted by atomic mass is 9.91. The summed E-state index contributed by atoms with van der Waals surface area (Å²) in [4.78, 5) is 2.56. The summed E-state index contributed by atoms with van der Waals surface area (Å²) in [5.74, 6) is 0.813. The van der Waals surface area contributed by atoms with Crippen LogP contribution in [0.15, 0.2) is 24.3 Å². The zero-order valence-electron chi connectivity index (χ0n) is 10.6. The lowest BCUT2D eigenvalue weighted by Gasteiger charge is -2.37. The molecule has 2 unspecified atom stereocenters. The van der Waals surface area contributed by atoms with Gasteiger partial charge < -0.3 is 5.32 Å². The molecule has 3 rings (SSSR count). The van der Waals surface area contributed by atoms with Crippen molar-refractivity contribution in [2.75, 3.05) is 19.6 Å². The monoisotopic (exact) mass is 241 g/mol. The SMILES string of the molecule is N#Cc1ccccc1CN1CCCC2CNCC21. The van der Waals surface area contributed by atoms with Crippen molar-refractivity contribution in [2.24, 2.45) is 5.92 Å². The molecule has 0 saturated carbocycles. The molecule has 1 aromatic rings. The molecular weight excluding hydrogens is 222 g/mol. The summed E-state index contributed by atoms with van der Waals surface area (Å²) >= 11 is 0. The average Bonchev–Trinajstić information content (AvgIpc) is 2.89. The fourth-order valence-corrected chi connectivity index (χ4v) is 3.35. The van der Waals surface area contributed by atoms with Crippen molar-refractivity contribution in [3.63, 3.8) is 0 Å². The third-order valence-corrected chi connectivity index (χ3v) is 4.30. The van der Waals surface area contributed by atoms with E-state index in [-0.39, 0.29) is 0 Å². The van der Waals surface area contributed by atoms with E-state index in [1.54, 1.807) is 0 Å². The summed E-state index contributed by atoms with van der Waals surface area (Å²) in [5, 5.41) is 12.7. The van der Waals surface area contributed by atoms with Crippen molar-refractivity contribution in [3.05, 3.63) is 35.4 Å². The number of fused-ring (bicyclic) bond motifs is 1. The highest BCUT2D eigenvalue weighted by atomic mass is 15.2. The Kier molecular flexibility index (Phi) is 3.31. The molecule has 2 aliphatic rings. The Labute approximate surface area is 108 Å². The topological polar surface area (TPSA) is 39.1 Å². The van der Waals surface area contributed by atoms with Gasteiger partial charge in [-0.25, -0.2) is 0 Å². The Bertz CT molecular complexity index is 463. The molecule has 0 spiro atoms. The minimum Gasteiger partial charge on any atom is -0.315 e. The van der Waals surface area contributed by atoms with Crippen LogP contribution in [0.5, 0.6) is 0 Å². The second-order valence-corrected chi connectivity index (χ2v) is 5.37. The Balaban J connectivity index is 1.77. The molecule has 2 heterocycles. The maximum Gasteiger partial charge on any atom is 0.0995 e. The first-order chi connectivity index (χ1) is 8.88. The minimum atomic E-state index is 0.672. The quantitative estimate of drug-likeness (QED) is 0.857. The molecule has 1 aromatic carbocycles. The van der Waals surface area contributed by atoms with Gasteiger partial charge in [-0.2, -0.15) is 5.26 Å². The Morgan fingerprint density at radius 2 is 2.22 bits per heavy atom. The highest BCUT2D eigenvalue weighted by Crippen LogP contribution is 2.28. The first-order valence-corrected chi connectivity index (χ1v) is 6.81. The van der Waals surface area contributed by atoms with E-state index in [2.05, 4.69) is 22.4 Å². The molecule has 0 bridgehead atoms. The van der Waals surface area contributed by atoms with E-state index in [1.165, 1.54) is 31.5 Å². The van der Waals surface area contributed by atoms with Gasteiger partial charge in [0.2, 0.25) is 0 Å². The summed E-state index contributed by atoms with van der Waals surface area (Å²) in [6.45, 7) is 4.37. The first-order valence-electron chi connectivity index (χ1n) is 6.81. The zero-order valence-corrected chi connectivity index (χ0v) is 10.6. The van der Waals surface area contributed by atoms with E-state index in [1.807, 2.05) is 18.2 Å². The van der Waals surface area contributed by atoms with E-state index < -0.39 is 0 Å². The molecule has 0 aliphatic carbocycles. The molecular formula is C15H19N3. The summed E-state index contributed by atoms with van der Waals surface area (Å²) in [5.41, 5.74) is 2.00. The molecule has 94 valence electrons.